The first-order chi connectivity index (χ1) is 10.7. The molecule has 0 aromatic heterocycles. The van der Waals surface area contributed by atoms with E-state index >= 15 is 0 Å². The van der Waals surface area contributed by atoms with E-state index in [1.165, 1.54) is 64.2 Å². The highest BCUT2D eigenvalue weighted by Gasteiger charge is 2.95. The molecule has 1 aliphatic heterocycles. The predicted octanol–water partition coefficient (Wildman–Crippen LogP) is 3.22. The van der Waals surface area contributed by atoms with Crippen LogP contribution in [-0.2, 0) is 4.52 Å². The lowest BCUT2D eigenvalue weighted by molar-refractivity contribution is -0.766. The van der Waals surface area contributed by atoms with Gasteiger partial charge in [0.25, 0.3) is 11.2 Å². The van der Waals surface area contributed by atoms with E-state index in [2.05, 4.69) is 4.52 Å². The summed E-state index contributed by atoms with van der Waals surface area (Å²) in [5, 5.41) is 13.5. The second kappa shape index (κ2) is 3.47. The number of hydrogen-bond acceptors (Lipinski definition) is 1. The molecule has 0 aromatic carbocycles. The summed E-state index contributed by atoms with van der Waals surface area (Å²) in [5.74, 6) is 6.95. The highest BCUT2D eigenvalue weighted by Crippen LogP contribution is 2.82. The van der Waals surface area contributed by atoms with Crippen molar-refractivity contribution in [1.82, 2.24) is 0 Å². The van der Waals surface area contributed by atoms with E-state index in [4.69, 9.17) is 0 Å². The number of rotatable bonds is 0. The molecule has 1 saturated heterocycles. The molecule has 120 valence electrons. The van der Waals surface area contributed by atoms with Crippen LogP contribution in [0.5, 0.6) is 0 Å². The van der Waals surface area contributed by atoms with Crippen LogP contribution in [-0.4, -0.2) is 11.2 Å². The second-order valence-corrected chi connectivity index (χ2v) is 10.5. The molecular formula is C20H28O2. The van der Waals surface area contributed by atoms with Crippen molar-refractivity contribution in [3.05, 3.63) is 0 Å². The van der Waals surface area contributed by atoms with E-state index in [0.29, 0.717) is 0 Å². The zero-order valence-corrected chi connectivity index (χ0v) is 13.5. The standard InChI is InChI=1S/C20H28O2/c21-22-19(15-3-11-1-12(5-15)6-16(19)4-11)20(22)17-7-13-2-14(9-17)10-18(20)8-13/h11-18H,1-10H2. The maximum Gasteiger partial charge on any atom is 0.253 e. The highest BCUT2D eigenvalue weighted by molar-refractivity contribution is 5.33. The molecule has 9 fully saturated rings. The number of epoxide rings is 1. The van der Waals surface area contributed by atoms with Crippen molar-refractivity contribution in [3.8, 4) is 0 Å². The molecule has 8 saturated carbocycles. The van der Waals surface area contributed by atoms with E-state index < -0.39 is 0 Å². The van der Waals surface area contributed by atoms with Gasteiger partial charge in [-0.2, -0.15) is 0 Å². The summed E-state index contributed by atoms with van der Waals surface area (Å²) in [6.07, 6.45) is 14.2. The Kier molecular flexibility index (Phi) is 1.94. The van der Waals surface area contributed by atoms with Gasteiger partial charge in [0, 0.05) is 23.7 Å². The first kappa shape index (κ1) is 12.3. The molecule has 2 nitrogen and oxygen atoms in total. The molecule has 2 heteroatoms. The van der Waals surface area contributed by atoms with E-state index in [1.54, 1.807) is 0 Å². The summed E-state index contributed by atoms with van der Waals surface area (Å²) >= 11 is 0. The van der Waals surface area contributed by atoms with Gasteiger partial charge in [-0.25, -0.2) is 0 Å². The molecule has 0 unspecified atom stereocenters. The van der Waals surface area contributed by atoms with E-state index in [1.807, 2.05) is 0 Å². The Hall–Kier alpha value is -0.0800. The lowest BCUT2D eigenvalue weighted by atomic mass is 9.42. The van der Waals surface area contributed by atoms with Crippen LogP contribution in [0.1, 0.15) is 64.2 Å². The molecule has 0 radical (unpaired) electrons. The van der Waals surface area contributed by atoms with Crippen LogP contribution in [0.4, 0.5) is 0 Å². The summed E-state index contributed by atoms with van der Waals surface area (Å²) in [7, 11) is 0. The fourth-order valence-electron chi connectivity index (χ4n) is 10.0. The van der Waals surface area contributed by atoms with Crippen LogP contribution >= 0.6 is 0 Å². The van der Waals surface area contributed by atoms with Gasteiger partial charge in [0.1, 0.15) is 0 Å². The third kappa shape index (κ3) is 1.04. The number of hydrogen-bond donors (Lipinski definition) is 0. The van der Waals surface area contributed by atoms with E-state index in [9.17, 15) is 5.26 Å². The molecule has 9 aliphatic rings. The van der Waals surface area contributed by atoms with Crippen molar-refractivity contribution in [2.24, 2.45) is 47.3 Å². The second-order valence-electron chi connectivity index (χ2n) is 10.5. The molecule has 0 N–H and O–H groups in total. The molecule has 0 aromatic rings. The molecule has 1 heterocycles. The highest BCUT2D eigenvalue weighted by atomic mass is 17.3. The lowest BCUT2D eigenvalue weighted by Gasteiger charge is -2.55. The summed E-state index contributed by atoms with van der Waals surface area (Å²) in [6.45, 7) is 0. The van der Waals surface area contributed by atoms with Crippen molar-refractivity contribution in [2.45, 2.75) is 75.4 Å². The maximum absolute atomic E-state index is 13.5. The van der Waals surface area contributed by atoms with E-state index in [-0.39, 0.29) is 11.2 Å². The Bertz CT molecular complexity index is 448. The topological polar surface area (TPSA) is 25.8 Å². The summed E-state index contributed by atoms with van der Waals surface area (Å²) in [6, 6.07) is 0. The van der Waals surface area contributed by atoms with Gasteiger partial charge in [-0.05, 0) is 87.9 Å². The molecule has 22 heavy (non-hydrogen) atoms. The average Bonchev–Trinajstić information content (AvgIpc) is 3.02. The zero-order chi connectivity index (χ0) is 14.3. The normalized spacial score (nSPS) is 70.2. The van der Waals surface area contributed by atoms with Crippen LogP contribution in [0.2, 0.25) is 0 Å². The van der Waals surface area contributed by atoms with Crippen LogP contribution in [0, 0.1) is 47.3 Å². The summed E-state index contributed by atoms with van der Waals surface area (Å²) < 4.78 is 2.78. The van der Waals surface area contributed by atoms with Gasteiger partial charge < -0.3 is 9.78 Å². The molecule has 9 rings (SSSR count). The molecular weight excluding hydrogens is 272 g/mol. The lowest BCUT2D eigenvalue weighted by Crippen LogP contribution is -2.61. The van der Waals surface area contributed by atoms with Crippen molar-refractivity contribution < 1.29 is 9.78 Å². The summed E-state index contributed by atoms with van der Waals surface area (Å²) in [4.78, 5) is 0. The predicted molar refractivity (Wildman–Crippen MR) is 80.6 cm³/mol. The average molecular weight is 300 g/mol. The Morgan fingerprint density at radius 1 is 0.500 bits per heavy atom. The first-order valence-electron chi connectivity index (χ1n) is 10.1. The van der Waals surface area contributed by atoms with Crippen molar-refractivity contribution >= 4 is 0 Å². The fourth-order valence-corrected chi connectivity index (χ4v) is 10.0. The zero-order valence-electron chi connectivity index (χ0n) is 13.5. The van der Waals surface area contributed by atoms with Crippen LogP contribution < -0.4 is 5.26 Å². The van der Waals surface area contributed by atoms with Gasteiger partial charge in [0.2, 0.25) is 0 Å². The van der Waals surface area contributed by atoms with Crippen LogP contribution in [0.15, 0.2) is 0 Å². The van der Waals surface area contributed by atoms with Gasteiger partial charge in [-0.1, -0.05) is 0 Å². The van der Waals surface area contributed by atoms with E-state index in [0.717, 1.165) is 47.3 Å². The van der Waals surface area contributed by atoms with Crippen molar-refractivity contribution in [2.75, 3.05) is 0 Å². The largest absolute Gasteiger partial charge is 0.533 e. The third-order valence-corrected chi connectivity index (χ3v) is 9.88. The Labute approximate surface area is 133 Å². The minimum absolute atomic E-state index is 0.0725. The quantitative estimate of drug-likeness (QED) is 0.383. The van der Waals surface area contributed by atoms with Gasteiger partial charge in [0.05, 0.1) is 0 Å². The monoisotopic (exact) mass is 300 g/mol. The van der Waals surface area contributed by atoms with Gasteiger partial charge in [0.15, 0.2) is 0 Å². The van der Waals surface area contributed by atoms with Gasteiger partial charge in [-0.3, -0.25) is 0 Å². The van der Waals surface area contributed by atoms with Crippen LogP contribution in [0.3, 0.4) is 0 Å². The van der Waals surface area contributed by atoms with Gasteiger partial charge >= 0.3 is 0 Å². The minimum atomic E-state index is 0.0725. The minimum Gasteiger partial charge on any atom is -0.533 e. The Balaban J connectivity index is 1.37. The van der Waals surface area contributed by atoms with Crippen LogP contribution in [0.25, 0.3) is 0 Å². The molecule has 2 spiro atoms. The Morgan fingerprint density at radius 2 is 0.773 bits per heavy atom. The molecule has 0 atom stereocenters. The SMILES string of the molecule is [O-][O+]1C2(C3CC4CC(C3)CC2C4)C12C1CC3CC(C1)CC2C3. The van der Waals surface area contributed by atoms with Gasteiger partial charge in [-0.15, -0.1) is 0 Å². The molecule has 8 bridgehead atoms. The van der Waals surface area contributed by atoms with Crippen molar-refractivity contribution in [3.63, 3.8) is 0 Å². The van der Waals surface area contributed by atoms with Crippen molar-refractivity contribution in [1.29, 1.82) is 0 Å². The molecule has 0 amide bonds. The fraction of sp³-hybridized carbons (Fsp3) is 1.00. The summed E-state index contributed by atoms with van der Waals surface area (Å²) in [5.41, 5.74) is 0.145. The Morgan fingerprint density at radius 3 is 1.05 bits per heavy atom. The first-order valence-corrected chi connectivity index (χ1v) is 10.1. The third-order valence-electron chi connectivity index (χ3n) is 9.88. The molecule has 8 aliphatic carbocycles. The smallest absolute Gasteiger partial charge is 0.253 e. The maximum atomic E-state index is 13.5.